The largest absolute Gasteiger partial charge is 0.416 e. The Kier molecular flexibility index (Phi) is 7.17. The van der Waals surface area contributed by atoms with Crippen LogP contribution in [-0.2, 0) is 25.7 Å². The Balaban J connectivity index is 1.43. The van der Waals surface area contributed by atoms with E-state index >= 15 is 0 Å². The molecule has 11 heteroatoms. The molecule has 1 aliphatic heterocycles. The summed E-state index contributed by atoms with van der Waals surface area (Å²) in [6, 6.07) is 8.67. The summed E-state index contributed by atoms with van der Waals surface area (Å²) in [4.78, 5) is 18.7. The number of amides is 1. The van der Waals surface area contributed by atoms with Gasteiger partial charge in [-0.1, -0.05) is 18.2 Å². The fourth-order valence-electron chi connectivity index (χ4n) is 4.75. The highest BCUT2D eigenvalue weighted by atomic mass is 19.4. The molecule has 0 saturated carbocycles. The lowest BCUT2D eigenvalue weighted by atomic mass is 10.0. The number of nitrogens with one attached hydrogen (secondary N) is 1. The van der Waals surface area contributed by atoms with Gasteiger partial charge in [0.15, 0.2) is 0 Å². The first-order chi connectivity index (χ1) is 18.6. The van der Waals surface area contributed by atoms with Crippen molar-refractivity contribution < 1.29 is 31.1 Å². The number of pyridine rings is 1. The van der Waals surface area contributed by atoms with Gasteiger partial charge >= 0.3 is 12.2 Å². The number of halogens is 6. The number of hydrogen-bond donors (Lipinski definition) is 1. The summed E-state index contributed by atoms with van der Waals surface area (Å²) in [5.74, 6) is -2.07. The summed E-state index contributed by atoms with van der Waals surface area (Å²) >= 11 is 0. The van der Waals surface area contributed by atoms with Gasteiger partial charge in [0, 0.05) is 61.5 Å². The molecule has 202 valence electrons. The zero-order valence-electron chi connectivity index (χ0n) is 20.4. The van der Waals surface area contributed by atoms with Crippen LogP contribution in [0.1, 0.15) is 27.9 Å². The van der Waals surface area contributed by atoms with Crippen LogP contribution in [-0.4, -0.2) is 33.6 Å². The molecule has 5 rings (SSSR count). The average Bonchev–Trinajstić information content (AvgIpc) is 3.21. The summed E-state index contributed by atoms with van der Waals surface area (Å²) in [6.45, 7) is 1.21. The van der Waals surface area contributed by atoms with E-state index in [4.69, 9.17) is 0 Å². The van der Waals surface area contributed by atoms with E-state index in [-0.39, 0.29) is 17.6 Å². The molecule has 0 saturated heterocycles. The number of aromatic nitrogens is 2. The van der Waals surface area contributed by atoms with E-state index in [1.54, 1.807) is 12.2 Å². The van der Waals surface area contributed by atoms with Gasteiger partial charge in [-0.3, -0.25) is 9.47 Å². The van der Waals surface area contributed by atoms with Crippen LogP contribution in [0.3, 0.4) is 0 Å². The van der Waals surface area contributed by atoms with Crippen molar-refractivity contribution in [1.29, 1.82) is 0 Å². The van der Waals surface area contributed by atoms with Crippen molar-refractivity contribution in [2.45, 2.75) is 25.7 Å². The van der Waals surface area contributed by atoms with Crippen LogP contribution in [0.5, 0.6) is 0 Å². The summed E-state index contributed by atoms with van der Waals surface area (Å²) < 4.78 is 82.3. The van der Waals surface area contributed by atoms with Crippen LogP contribution in [0.15, 0.2) is 60.8 Å². The van der Waals surface area contributed by atoms with Crippen molar-refractivity contribution in [3.63, 3.8) is 0 Å². The number of nitrogens with zero attached hydrogens (tertiary/aromatic N) is 3. The van der Waals surface area contributed by atoms with E-state index in [0.717, 1.165) is 35.9 Å². The fourth-order valence-corrected chi connectivity index (χ4v) is 4.75. The molecule has 0 atom stereocenters. The highest BCUT2D eigenvalue weighted by Crippen LogP contribution is 2.36. The summed E-state index contributed by atoms with van der Waals surface area (Å²) in [5, 5.41) is 3.18. The molecule has 0 unspecified atom stereocenters. The Bertz CT molecular complexity index is 1580. The first kappa shape index (κ1) is 26.5. The first-order valence-corrected chi connectivity index (χ1v) is 12.1. The molecule has 1 N–H and O–H groups in total. The van der Waals surface area contributed by atoms with E-state index in [9.17, 15) is 31.1 Å². The molecular weight excluding hydrogens is 522 g/mol. The standard InChI is InChI=1S/C28H22F6N4O/c29-20-5-3-18(23(30)14-20)2-1-10-37-11-8-24-22(16-37)21-6-4-19(28(32,33)34)13-25(21)38(24)27(39)36-15-17-7-9-35-26(31)12-17/h1-7,9,12-14H,8,10-11,15-16H2,(H,36,39)/b2-1+. The molecule has 4 aromatic rings. The van der Waals surface area contributed by atoms with Crippen molar-refractivity contribution in [2.24, 2.45) is 0 Å². The van der Waals surface area contributed by atoms with Crippen molar-refractivity contribution >= 4 is 23.0 Å². The zero-order chi connectivity index (χ0) is 27.7. The maximum atomic E-state index is 13.9. The third kappa shape index (κ3) is 5.68. The molecule has 5 nitrogen and oxygen atoms in total. The van der Waals surface area contributed by atoms with Gasteiger partial charge < -0.3 is 5.32 Å². The molecule has 0 spiro atoms. The first-order valence-electron chi connectivity index (χ1n) is 12.1. The summed E-state index contributed by atoms with van der Waals surface area (Å²) in [7, 11) is 0. The van der Waals surface area contributed by atoms with E-state index in [2.05, 4.69) is 10.3 Å². The highest BCUT2D eigenvalue weighted by Gasteiger charge is 2.33. The second-order valence-electron chi connectivity index (χ2n) is 9.19. The molecule has 3 heterocycles. The number of carbonyl (C=O) groups is 1. The third-order valence-corrected chi connectivity index (χ3v) is 6.62. The Morgan fingerprint density at radius 1 is 1.05 bits per heavy atom. The average molecular weight is 544 g/mol. The molecule has 2 aromatic carbocycles. The van der Waals surface area contributed by atoms with Crippen LogP contribution in [0.25, 0.3) is 17.0 Å². The molecule has 0 fully saturated rings. The van der Waals surface area contributed by atoms with Crippen LogP contribution in [0.2, 0.25) is 0 Å². The third-order valence-electron chi connectivity index (χ3n) is 6.62. The minimum atomic E-state index is -4.60. The maximum absolute atomic E-state index is 13.9. The topological polar surface area (TPSA) is 50.2 Å². The van der Waals surface area contributed by atoms with Gasteiger partial charge in [-0.15, -0.1) is 0 Å². The Labute approximate surface area is 219 Å². The number of rotatable bonds is 5. The fraction of sp³-hybridized carbons (Fsp3) is 0.214. The number of alkyl halides is 3. The minimum absolute atomic E-state index is 0.0391. The second-order valence-corrected chi connectivity index (χ2v) is 9.19. The van der Waals surface area contributed by atoms with E-state index in [0.29, 0.717) is 42.7 Å². The molecule has 0 bridgehead atoms. The number of benzene rings is 2. The molecule has 2 aromatic heterocycles. The van der Waals surface area contributed by atoms with E-state index in [1.807, 2.05) is 4.90 Å². The van der Waals surface area contributed by atoms with E-state index < -0.39 is 35.4 Å². The zero-order valence-corrected chi connectivity index (χ0v) is 20.4. The van der Waals surface area contributed by atoms with Gasteiger partial charge in [0.2, 0.25) is 5.95 Å². The molecular formula is C28H22F6N4O. The van der Waals surface area contributed by atoms with Crippen LogP contribution in [0.4, 0.5) is 31.1 Å². The monoisotopic (exact) mass is 544 g/mol. The normalized spacial score (nSPS) is 14.2. The maximum Gasteiger partial charge on any atom is 0.416 e. The van der Waals surface area contributed by atoms with Crippen molar-refractivity contribution in [3.8, 4) is 0 Å². The van der Waals surface area contributed by atoms with Crippen molar-refractivity contribution in [1.82, 2.24) is 19.8 Å². The lowest BCUT2D eigenvalue weighted by Crippen LogP contribution is -2.34. The highest BCUT2D eigenvalue weighted by molar-refractivity contribution is 5.96. The molecule has 0 aliphatic carbocycles. The molecule has 1 aliphatic rings. The van der Waals surface area contributed by atoms with Gasteiger partial charge in [0.1, 0.15) is 11.6 Å². The quantitative estimate of drug-likeness (QED) is 0.237. The second kappa shape index (κ2) is 10.6. The number of fused-ring (bicyclic) bond motifs is 3. The Morgan fingerprint density at radius 3 is 2.62 bits per heavy atom. The molecule has 0 radical (unpaired) electrons. The predicted octanol–water partition coefficient (Wildman–Crippen LogP) is 6.30. The number of carbonyl (C=O) groups excluding carboxylic acids is 1. The van der Waals surface area contributed by atoms with Gasteiger partial charge in [-0.2, -0.15) is 17.6 Å². The van der Waals surface area contributed by atoms with E-state index in [1.165, 1.54) is 29.0 Å². The van der Waals surface area contributed by atoms with Crippen LogP contribution < -0.4 is 5.32 Å². The lowest BCUT2D eigenvalue weighted by molar-refractivity contribution is -0.137. The molecule has 39 heavy (non-hydrogen) atoms. The van der Waals surface area contributed by atoms with Gasteiger partial charge in [0.05, 0.1) is 11.1 Å². The van der Waals surface area contributed by atoms with Crippen LogP contribution in [0, 0.1) is 17.6 Å². The smallest absolute Gasteiger partial charge is 0.333 e. The number of hydrogen-bond acceptors (Lipinski definition) is 3. The summed E-state index contributed by atoms with van der Waals surface area (Å²) in [5.41, 5.74) is 1.24. The molecule has 1 amide bonds. The van der Waals surface area contributed by atoms with Gasteiger partial charge in [0.25, 0.3) is 0 Å². The Morgan fingerprint density at radius 2 is 1.87 bits per heavy atom. The SMILES string of the molecule is O=C(NCc1ccnc(F)c1)n1c2c(c3ccc(C(F)(F)F)cc31)CN(C/C=C/c1ccc(F)cc1F)CC2. The van der Waals surface area contributed by atoms with Crippen molar-refractivity contribution in [2.75, 3.05) is 13.1 Å². The van der Waals surface area contributed by atoms with Crippen LogP contribution >= 0.6 is 0 Å². The predicted molar refractivity (Wildman–Crippen MR) is 133 cm³/mol. The van der Waals surface area contributed by atoms with Crippen molar-refractivity contribution in [3.05, 3.63) is 106 Å². The van der Waals surface area contributed by atoms with Gasteiger partial charge in [-0.05, 0) is 47.5 Å². The minimum Gasteiger partial charge on any atom is -0.333 e. The summed E-state index contributed by atoms with van der Waals surface area (Å²) in [6.07, 6.45) is 0.303. The van der Waals surface area contributed by atoms with Gasteiger partial charge in [-0.25, -0.2) is 18.6 Å². The Hall–Kier alpha value is -4.12. The lowest BCUT2D eigenvalue weighted by Gasteiger charge is -2.27.